The molecule has 0 radical (unpaired) electrons. The zero-order chi connectivity index (χ0) is 11.0. The SMILES string of the molecule is Nc1ncnc(N2CCNCC2)c1C1CC1. The zero-order valence-corrected chi connectivity index (χ0v) is 9.32. The Balaban J connectivity index is 1.95. The number of nitrogens with one attached hydrogen (secondary N) is 1. The molecule has 0 aromatic carbocycles. The van der Waals surface area contributed by atoms with E-state index in [1.54, 1.807) is 6.33 Å². The summed E-state index contributed by atoms with van der Waals surface area (Å²) < 4.78 is 0. The van der Waals surface area contributed by atoms with E-state index in [-0.39, 0.29) is 0 Å². The van der Waals surface area contributed by atoms with Crippen LogP contribution in [0.25, 0.3) is 0 Å². The van der Waals surface area contributed by atoms with Crippen molar-refractivity contribution in [3.63, 3.8) is 0 Å². The van der Waals surface area contributed by atoms with Crippen LogP contribution in [-0.2, 0) is 0 Å². The second-order valence-corrected chi connectivity index (χ2v) is 4.51. The van der Waals surface area contributed by atoms with Crippen molar-refractivity contribution in [2.45, 2.75) is 18.8 Å². The number of aromatic nitrogens is 2. The van der Waals surface area contributed by atoms with E-state index < -0.39 is 0 Å². The summed E-state index contributed by atoms with van der Waals surface area (Å²) in [5, 5.41) is 3.35. The van der Waals surface area contributed by atoms with Crippen LogP contribution in [0.5, 0.6) is 0 Å². The van der Waals surface area contributed by atoms with Gasteiger partial charge in [-0.15, -0.1) is 0 Å². The fraction of sp³-hybridized carbons (Fsp3) is 0.636. The van der Waals surface area contributed by atoms with Crippen molar-refractivity contribution in [2.24, 2.45) is 0 Å². The summed E-state index contributed by atoms with van der Waals surface area (Å²) in [5.41, 5.74) is 7.16. The van der Waals surface area contributed by atoms with Crippen LogP contribution in [-0.4, -0.2) is 36.1 Å². The fourth-order valence-electron chi connectivity index (χ4n) is 2.29. The molecule has 0 spiro atoms. The van der Waals surface area contributed by atoms with Gasteiger partial charge in [-0.05, 0) is 18.8 Å². The van der Waals surface area contributed by atoms with E-state index in [9.17, 15) is 0 Å². The average molecular weight is 219 g/mol. The van der Waals surface area contributed by atoms with E-state index in [1.165, 1.54) is 18.4 Å². The van der Waals surface area contributed by atoms with Crippen LogP contribution in [0.2, 0.25) is 0 Å². The molecule has 2 fully saturated rings. The second-order valence-electron chi connectivity index (χ2n) is 4.51. The summed E-state index contributed by atoms with van der Waals surface area (Å²) >= 11 is 0. The molecule has 0 atom stereocenters. The maximum Gasteiger partial charge on any atom is 0.137 e. The van der Waals surface area contributed by atoms with E-state index in [1.807, 2.05) is 0 Å². The molecular weight excluding hydrogens is 202 g/mol. The lowest BCUT2D eigenvalue weighted by atomic mass is 10.1. The summed E-state index contributed by atoms with van der Waals surface area (Å²) in [6.45, 7) is 4.06. The number of nitrogen functional groups attached to an aromatic ring is 1. The molecule has 0 amide bonds. The highest BCUT2D eigenvalue weighted by atomic mass is 15.2. The summed E-state index contributed by atoms with van der Waals surface area (Å²) in [4.78, 5) is 10.9. The number of piperazine rings is 1. The molecule has 0 unspecified atom stereocenters. The first-order valence-electron chi connectivity index (χ1n) is 5.92. The molecule has 5 heteroatoms. The lowest BCUT2D eigenvalue weighted by molar-refractivity contribution is 0.583. The van der Waals surface area contributed by atoms with E-state index in [4.69, 9.17) is 5.73 Å². The van der Waals surface area contributed by atoms with E-state index in [0.717, 1.165) is 32.0 Å². The lowest BCUT2D eigenvalue weighted by Crippen LogP contribution is -2.44. The summed E-state index contributed by atoms with van der Waals surface area (Å²) in [6, 6.07) is 0. The van der Waals surface area contributed by atoms with Crippen LogP contribution >= 0.6 is 0 Å². The molecule has 1 aliphatic carbocycles. The van der Waals surface area contributed by atoms with E-state index in [2.05, 4.69) is 20.2 Å². The Bertz CT molecular complexity index is 382. The minimum Gasteiger partial charge on any atom is -0.383 e. The predicted molar refractivity (Wildman–Crippen MR) is 63.5 cm³/mol. The molecule has 86 valence electrons. The van der Waals surface area contributed by atoms with Gasteiger partial charge >= 0.3 is 0 Å². The molecule has 2 heterocycles. The molecule has 3 rings (SSSR count). The number of hydrogen-bond donors (Lipinski definition) is 2. The molecule has 1 aromatic heterocycles. The fourth-order valence-corrected chi connectivity index (χ4v) is 2.29. The van der Waals surface area contributed by atoms with Crippen molar-refractivity contribution in [3.8, 4) is 0 Å². The Hall–Kier alpha value is -1.36. The van der Waals surface area contributed by atoms with Gasteiger partial charge in [-0.2, -0.15) is 0 Å². The van der Waals surface area contributed by atoms with Gasteiger partial charge in [0.1, 0.15) is 18.0 Å². The molecule has 0 bridgehead atoms. The maximum absolute atomic E-state index is 5.98. The lowest BCUT2D eigenvalue weighted by Gasteiger charge is -2.30. The van der Waals surface area contributed by atoms with Crippen molar-refractivity contribution in [3.05, 3.63) is 11.9 Å². The van der Waals surface area contributed by atoms with Crippen molar-refractivity contribution >= 4 is 11.6 Å². The minimum atomic E-state index is 0.603. The third-order valence-electron chi connectivity index (χ3n) is 3.30. The van der Waals surface area contributed by atoms with Gasteiger partial charge in [-0.25, -0.2) is 9.97 Å². The molecule has 16 heavy (non-hydrogen) atoms. The topological polar surface area (TPSA) is 67.1 Å². The average Bonchev–Trinajstić information content (AvgIpc) is 3.14. The van der Waals surface area contributed by atoms with Gasteiger partial charge in [-0.1, -0.05) is 0 Å². The number of nitrogens with two attached hydrogens (primary N) is 1. The normalized spacial score (nSPS) is 21.1. The van der Waals surface area contributed by atoms with Gasteiger partial charge in [-0.3, -0.25) is 0 Å². The van der Waals surface area contributed by atoms with Crippen LogP contribution < -0.4 is 16.0 Å². The number of anilines is 2. The van der Waals surface area contributed by atoms with Gasteiger partial charge in [0.2, 0.25) is 0 Å². The molecule has 1 saturated heterocycles. The van der Waals surface area contributed by atoms with Gasteiger partial charge in [0.15, 0.2) is 0 Å². The van der Waals surface area contributed by atoms with Crippen LogP contribution in [0.1, 0.15) is 24.3 Å². The first-order chi connectivity index (χ1) is 7.86. The predicted octanol–water partition coefficient (Wildman–Crippen LogP) is 0.346. The largest absolute Gasteiger partial charge is 0.383 e. The van der Waals surface area contributed by atoms with E-state index in [0.29, 0.717) is 11.7 Å². The summed E-state index contributed by atoms with van der Waals surface area (Å²) in [6.07, 6.45) is 4.05. The number of nitrogens with zero attached hydrogens (tertiary/aromatic N) is 3. The summed E-state index contributed by atoms with van der Waals surface area (Å²) in [7, 11) is 0. The number of rotatable bonds is 2. The standard InChI is InChI=1S/C11H17N5/c12-10-9(8-1-2-8)11(15-7-14-10)16-5-3-13-4-6-16/h7-8,13H,1-6H2,(H2,12,14,15). The van der Waals surface area contributed by atoms with Crippen LogP contribution in [0.15, 0.2) is 6.33 Å². The number of hydrogen-bond acceptors (Lipinski definition) is 5. The molecular formula is C11H17N5. The van der Waals surface area contributed by atoms with Crippen LogP contribution in [0.4, 0.5) is 11.6 Å². The Morgan fingerprint density at radius 3 is 2.69 bits per heavy atom. The van der Waals surface area contributed by atoms with Gasteiger partial charge in [0, 0.05) is 31.7 Å². The third-order valence-corrected chi connectivity index (χ3v) is 3.30. The molecule has 2 aliphatic rings. The van der Waals surface area contributed by atoms with Gasteiger partial charge in [0.25, 0.3) is 0 Å². The smallest absolute Gasteiger partial charge is 0.137 e. The molecule has 1 saturated carbocycles. The van der Waals surface area contributed by atoms with Crippen LogP contribution in [0.3, 0.4) is 0 Å². The van der Waals surface area contributed by atoms with Crippen LogP contribution in [0, 0.1) is 0 Å². The molecule has 5 nitrogen and oxygen atoms in total. The maximum atomic E-state index is 5.98. The molecule has 1 aliphatic heterocycles. The van der Waals surface area contributed by atoms with Crippen molar-refractivity contribution in [2.75, 3.05) is 36.8 Å². The Labute approximate surface area is 95.1 Å². The quantitative estimate of drug-likeness (QED) is 0.751. The monoisotopic (exact) mass is 219 g/mol. The highest BCUT2D eigenvalue weighted by molar-refractivity contribution is 5.60. The minimum absolute atomic E-state index is 0.603. The molecule has 3 N–H and O–H groups in total. The first kappa shape index (κ1) is 9.84. The first-order valence-corrected chi connectivity index (χ1v) is 5.92. The highest BCUT2D eigenvalue weighted by Gasteiger charge is 2.31. The highest BCUT2D eigenvalue weighted by Crippen LogP contribution is 2.45. The van der Waals surface area contributed by atoms with E-state index >= 15 is 0 Å². The van der Waals surface area contributed by atoms with Gasteiger partial charge in [0.05, 0.1) is 0 Å². The van der Waals surface area contributed by atoms with Gasteiger partial charge < -0.3 is 16.0 Å². The Morgan fingerprint density at radius 1 is 1.25 bits per heavy atom. The van der Waals surface area contributed by atoms with Crippen molar-refractivity contribution in [1.29, 1.82) is 0 Å². The Kier molecular flexibility index (Phi) is 2.40. The second kappa shape index (κ2) is 3.90. The third kappa shape index (κ3) is 1.71. The summed E-state index contributed by atoms with van der Waals surface area (Å²) in [5.74, 6) is 2.34. The Morgan fingerprint density at radius 2 is 2.00 bits per heavy atom. The zero-order valence-electron chi connectivity index (χ0n) is 9.32. The van der Waals surface area contributed by atoms with Crippen molar-refractivity contribution in [1.82, 2.24) is 15.3 Å². The molecule has 1 aromatic rings. The van der Waals surface area contributed by atoms with Crippen molar-refractivity contribution < 1.29 is 0 Å².